The number of nitrogens with zero attached hydrogens (tertiary/aromatic N) is 3. The van der Waals surface area contributed by atoms with Crippen LogP contribution >= 0.6 is 0 Å². The van der Waals surface area contributed by atoms with Gasteiger partial charge in [0.05, 0.1) is 5.69 Å². The molecule has 0 N–H and O–H groups in total. The first-order chi connectivity index (χ1) is 12.4. The van der Waals surface area contributed by atoms with Crippen molar-refractivity contribution in [3.05, 3.63) is 34.8 Å². The van der Waals surface area contributed by atoms with E-state index in [1.807, 2.05) is 0 Å². The van der Waals surface area contributed by atoms with Crippen LogP contribution < -0.4 is 4.90 Å². The molecule has 0 radical (unpaired) electrons. The maximum atomic E-state index is 6.01. The highest BCUT2D eigenvalue weighted by Gasteiger charge is 2.22. The van der Waals surface area contributed by atoms with E-state index < -0.39 is 0 Å². The monoisotopic (exact) mass is 357 g/mol. The summed E-state index contributed by atoms with van der Waals surface area (Å²) in [6, 6.07) is 4.26. The van der Waals surface area contributed by atoms with Gasteiger partial charge < -0.3 is 9.32 Å². The van der Waals surface area contributed by atoms with Crippen molar-refractivity contribution >= 4 is 5.88 Å². The number of piperidine rings is 1. The fraction of sp³-hybridized carbons (Fsp3) is 0.682. The molecular formula is C22H35N3O. The number of aromatic nitrogens is 2. The second-order valence-electron chi connectivity index (χ2n) is 8.51. The highest BCUT2D eigenvalue weighted by molar-refractivity contribution is 5.37. The van der Waals surface area contributed by atoms with E-state index in [-0.39, 0.29) is 0 Å². The zero-order chi connectivity index (χ0) is 18.8. The quantitative estimate of drug-likeness (QED) is 0.670. The average molecular weight is 358 g/mol. The van der Waals surface area contributed by atoms with E-state index in [4.69, 9.17) is 9.52 Å². The Hall–Kier alpha value is -1.71. The van der Waals surface area contributed by atoms with Crippen molar-refractivity contribution in [1.29, 1.82) is 0 Å². The topological polar surface area (TPSA) is 34.2 Å². The first-order valence-corrected chi connectivity index (χ1v) is 10.2. The van der Waals surface area contributed by atoms with E-state index >= 15 is 0 Å². The molecule has 4 heteroatoms. The fourth-order valence-electron chi connectivity index (χ4n) is 4.33. The fourth-order valence-corrected chi connectivity index (χ4v) is 4.33. The molecule has 2 aromatic rings. The maximum absolute atomic E-state index is 6.01. The Morgan fingerprint density at radius 1 is 1.08 bits per heavy atom. The van der Waals surface area contributed by atoms with Crippen molar-refractivity contribution in [2.45, 2.75) is 79.2 Å². The summed E-state index contributed by atoms with van der Waals surface area (Å²) < 4.78 is 8.25. The number of hydrogen-bond donors (Lipinski definition) is 0. The number of anilines is 1. The minimum absolute atomic E-state index is 0.456. The van der Waals surface area contributed by atoms with Gasteiger partial charge in [-0.2, -0.15) is 5.10 Å². The Balaban J connectivity index is 1.52. The molecule has 2 aromatic heterocycles. The summed E-state index contributed by atoms with van der Waals surface area (Å²) in [5.74, 6) is 3.94. The van der Waals surface area contributed by atoms with Gasteiger partial charge in [-0.15, -0.1) is 0 Å². The van der Waals surface area contributed by atoms with Gasteiger partial charge in [-0.1, -0.05) is 27.7 Å². The van der Waals surface area contributed by atoms with Crippen LogP contribution in [0.1, 0.15) is 81.5 Å². The molecule has 0 saturated carbocycles. The van der Waals surface area contributed by atoms with Gasteiger partial charge in [-0.05, 0) is 56.6 Å². The molecule has 0 spiro atoms. The van der Waals surface area contributed by atoms with Crippen molar-refractivity contribution in [3.63, 3.8) is 0 Å². The lowest BCUT2D eigenvalue weighted by molar-refractivity contribution is 0.342. The van der Waals surface area contributed by atoms with Crippen LogP contribution in [0, 0.1) is 19.8 Å². The summed E-state index contributed by atoms with van der Waals surface area (Å²) >= 11 is 0. The number of hydrogen-bond acceptors (Lipinski definition) is 3. The molecule has 4 nitrogen and oxygen atoms in total. The Labute approximate surface area is 158 Å². The lowest BCUT2D eigenvalue weighted by Gasteiger charge is -2.31. The van der Waals surface area contributed by atoms with E-state index in [0.717, 1.165) is 37.2 Å². The third kappa shape index (κ3) is 3.99. The molecule has 1 saturated heterocycles. The highest BCUT2D eigenvalue weighted by atomic mass is 16.4. The largest absolute Gasteiger partial charge is 0.445 e. The summed E-state index contributed by atoms with van der Waals surface area (Å²) in [4.78, 5) is 2.41. The predicted molar refractivity (Wildman–Crippen MR) is 108 cm³/mol. The van der Waals surface area contributed by atoms with Crippen molar-refractivity contribution in [2.75, 3.05) is 18.0 Å². The Kier molecular flexibility index (Phi) is 5.79. The Morgan fingerprint density at radius 3 is 2.31 bits per heavy atom. The number of furan rings is 1. The predicted octanol–water partition coefficient (Wildman–Crippen LogP) is 5.65. The molecule has 0 atom stereocenters. The molecule has 1 aliphatic heterocycles. The summed E-state index contributed by atoms with van der Waals surface area (Å²) in [7, 11) is 0. The van der Waals surface area contributed by atoms with E-state index in [1.165, 1.54) is 36.2 Å². The van der Waals surface area contributed by atoms with Gasteiger partial charge in [0.15, 0.2) is 5.88 Å². The molecule has 144 valence electrons. The summed E-state index contributed by atoms with van der Waals surface area (Å²) in [5, 5.41) is 4.79. The molecule has 1 aliphatic rings. The minimum atomic E-state index is 0.456. The number of aryl methyl sites for hydroxylation is 2. The third-order valence-corrected chi connectivity index (χ3v) is 5.87. The maximum Gasteiger partial charge on any atom is 0.195 e. The normalized spacial score (nSPS) is 16.2. The second-order valence-corrected chi connectivity index (χ2v) is 8.51. The van der Waals surface area contributed by atoms with E-state index in [0.29, 0.717) is 11.8 Å². The first kappa shape index (κ1) is 19.1. The standard InChI is InChI=1S/C22H35N3O/c1-15(2)20-7-8-21(26-20)24-12-9-19(10-13-24)11-14-25-18(6)22(16(3)4)17(5)23-25/h7-8,15-16,19H,9-14H2,1-6H3. The van der Waals surface area contributed by atoms with E-state index in [1.54, 1.807) is 0 Å². The average Bonchev–Trinajstić information content (AvgIpc) is 3.18. The molecule has 0 aromatic carbocycles. The van der Waals surface area contributed by atoms with Crippen LogP contribution in [0.3, 0.4) is 0 Å². The van der Waals surface area contributed by atoms with Crippen LogP contribution in [0.2, 0.25) is 0 Å². The van der Waals surface area contributed by atoms with Crippen LogP contribution in [-0.4, -0.2) is 22.9 Å². The van der Waals surface area contributed by atoms with Crippen molar-refractivity contribution in [1.82, 2.24) is 9.78 Å². The van der Waals surface area contributed by atoms with Crippen LogP contribution in [0.5, 0.6) is 0 Å². The molecule has 0 amide bonds. The van der Waals surface area contributed by atoms with Gasteiger partial charge in [-0.25, -0.2) is 0 Å². The van der Waals surface area contributed by atoms with Crippen LogP contribution in [0.25, 0.3) is 0 Å². The Bertz CT molecular complexity index is 718. The number of rotatable bonds is 6. The molecule has 0 unspecified atom stereocenters. The minimum Gasteiger partial charge on any atom is -0.445 e. The van der Waals surface area contributed by atoms with Crippen molar-refractivity contribution in [3.8, 4) is 0 Å². The molecule has 26 heavy (non-hydrogen) atoms. The zero-order valence-corrected chi connectivity index (χ0v) is 17.4. The van der Waals surface area contributed by atoms with Gasteiger partial charge in [0.1, 0.15) is 5.76 Å². The molecular weight excluding hydrogens is 322 g/mol. The van der Waals surface area contributed by atoms with E-state index in [9.17, 15) is 0 Å². The molecule has 0 aliphatic carbocycles. The third-order valence-electron chi connectivity index (χ3n) is 5.87. The molecule has 1 fully saturated rings. The van der Waals surface area contributed by atoms with Gasteiger partial charge in [0, 0.05) is 37.3 Å². The van der Waals surface area contributed by atoms with Gasteiger partial charge in [-0.3, -0.25) is 4.68 Å². The summed E-state index contributed by atoms with van der Waals surface area (Å²) in [5.41, 5.74) is 3.98. The van der Waals surface area contributed by atoms with E-state index in [2.05, 4.69) is 63.3 Å². The lowest BCUT2D eigenvalue weighted by atomic mass is 9.93. The van der Waals surface area contributed by atoms with Crippen molar-refractivity contribution < 1.29 is 4.42 Å². The molecule has 0 bridgehead atoms. The van der Waals surface area contributed by atoms with Gasteiger partial charge in [0.25, 0.3) is 0 Å². The van der Waals surface area contributed by atoms with Crippen molar-refractivity contribution in [2.24, 2.45) is 5.92 Å². The molecule has 3 heterocycles. The van der Waals surface area contributed by atoms with Gasteiger partial charge in [0.2, 0.25) is 0 Å². The summed E-state index contributed by atoms with van der Waals surface area (Å²) in [6.07, 6.45) is 3.71. The van der Waals surface area contributed by atoms with Gasteiger partial charge >= 0.3 is 0 Å². The smallest absolute Gasteiger partial charge is 0.195 e. The van der Waals surface area contributed by atoms with Crippen LogP contribution in [0.4, 0.5) is 5.88 Å². The summed E-state index contributed by atoms with van der Waals surface area (Å²) in [6.45, 7) is 16.5. The lowest BCUT2D eigenvalue weighted by Crippen LogP contribution is -2.33. The molecule has 3 rings (SSSR count). The Morgan fingerprint density at radius 2 is 1.77 bits per heavy atom. The first-order valence-electron chi connectivity index (χ1n) is 10.2. The zero-order valence-electron chi connectivity index (χ0n) is 17.4. The SMILES string of the molecule is Cc1nn(CCC2CCN(c3ccc(C(C)C)o3)CC2)c(C)c1C(C)C. The van der Waals surface area contributed by atoms with Crippen LogP contribution in [-0.2, 0) is 6.54 Å². The highest BCUT2D eigenvalue weighted by Crippen LogP contribution is 2.29. The second kappa shape index (κ2) is 7.89. The van der Waals surface area contributed by atoms with Crippen LogP contribution in [0.15, 0.2) is 16.5 Å².